The summed E-state index contributed by atoms with van der Waals surface area (Å²) in [5.41, 5.74) is 4.81. The van der Waals surface area contributed by atoms with Crippen molar-refractivity contribution in [2.45, 2.75) is 67.2 Å². The predicted octanol–water partition coefficient (Wildman–Crippen LogP) is -5.05. The molecule has 2 aliphatic rings. The van der Waals surface area contributed by atoms with Gasteiger partial charge >= 0.3 is 19.5 Å². The van der Waals surface area contributed by atoms with Gasteiger partial charge in [0.05, 0.1) is 31.9 Å². The van der Waals surface area contributed by atoms with Crippen molar-refractivity contribution in [3.8, 4) is 0 Å². The Kier molecular flexibility index (Phi) is 13.0. The van der Waals surface area contributed by atoms with E-state index in [1.807, 2.05) is 0 Å². The summed E-state index contributed by atoms with van der Waals surface area (Å²) in [5.74, 6) is -7.45. The van der Waals surface area contributed by atoms with Gasteiger partial charge in [-0.3, -0.25) is 23.5 Å². The minimum Gasteiger partial charge on any atom is -0.477 e. The van der Waals surface area contributed by atoms with Gasteiger partial charge in [-0.1, -0.05) is 12.1 Å². The van der Waals surface area contributed by atoms with Gasteiger partial charge in [0.1, 0.15) is 48.7 Å². The second-order valence-electron chi connectivity index (χ2n) is 11.6. The summed E-state index contributed by atoms with van der Waals surface area (Å²) in [6.07, 6.45) is -15.1. The molecular formula is C28H36N5O18P. The minimum absolute atomic E-state index is 0.0671. The number of nitrogen functional groups attached to an aromatic ring is 1. The molecule has 2 aromatic rings. The van der Waals surface area contributed by atoms with Crippen LogP contribution in [0.1, 0.15) is 33.4 Å². The number of aliphatic hydroxyl groups is 6. The first-order valence-corrected chi connectivity index (χ1v) is 16.6. The summed E-state index contributed by atoms with van der Waals surface area (Å²) in [7, 11) is -5.64. The number of nitrogens with zero attached hydrogens (tertiary/aromatic N) is 2. The molecule has 2 saturated heterocycles. The van der Waals surface area contributed by atoms with Crippen LogP contribution in [-0.4, -0.2) is 149 Å². The number of nitrogens with two attached hydrogens (primary N) is 1. The van der Waals surface area contributed by atoms with E-state index >= 15 is 0 Å². The van der Waals surface area contributed by atoms with Gasteiger partial charge in [-0.05, 0) is 18.2 Å². The van der Waals surface area contributed by atoms with Crippen molar-refractivity contribution in [2.24, 2.45) is 0 Å². The Morgan fingerprint density at radius 2 is 1.83 bits per heavy atom. The number of benzene rings is 1. The molecule has 1 aromatic heterocycles. The largest absolute Gasteiger partial charge is 0.477 e. The number of carbonyl (C=O) groups excluding carboxylic acids is 3. The number of carboxylic acids is 1. The Morgan fingerprint density at radius 1 is 1.15 bits per heavy atom. The van der Waals surface area contributed by atoms with Crippen LogP contribution in [0.25, 0.3) is 0 Å². The zero-order chi connectivity index (χ0) is 38.5. The molecule has 0 radical (unpaired) electrons. The molecular weight excluding hydrogens is 725 g/mol. The maximum absolute atomic E-state index is 13.0. The number of aliphatic hydroxyl groups excluding tert-OH is 6. The second-order valence-corrected chi connectivity index (χ2v) is 13.0. The average molecular weight is 762 g/mol. The molecule has 24 heteroatoms. The number of aromatic nitrogens is 2. The lowest BCUT2D eigenvalue weighted by molar-refractivity contribution is -0.289. The zero-order valence-corrected chi connectivity index (χ0v) is 27.5. The summed E-state index contributed by atoms with van der Waals surface area (Å²) in [6.45, 7) is -2.97. The third kappa shape index (κ3) is 9.22. The molecule has 286 valence electrons. The Balaban J connectivity index is 1.46. The summed E-state index contributed by atoms with van der Waals surface area (Å²) in [6, 6.07) is 4.69. The fourth-order valence-corrected chi connectivity index (χ4v) is 6.25. The molecule has 5 unspecified atom stereocenters. The molecule has 3 heterocycles. The maximum atomic E-state index is 13.0. The molecule has 0 bridgehead atoms. The van der Waals surface area contributed by atoms with Crippen LogP contribution in [0, 0.1) is 0 Å². The number of amides is 2. The summed E-state index contributed by atoms with van der Waals surface area (Å²) in [5, 5.41) is 76.5. The molecule has 23 nitrogen and oxygen atoms in total. The third-order valence-electron chi connectivity index (χ3n) is 7.99. The first-order chi connectivity index (χ1) is 24.4. The molecule has 2 amide bonds. The van der Waals surface area contributed by atoms with Gasteiger partial charge < -0.3 is 66.5 Å². The molecule has 4 rings (SSSR count). The number of aliphatic carboxylic acids is 1. The SMILES string of the molecule is Nc1ccn([C@@H]2OC(COP(=O)(O)O[C@@]3(C(=O)O)C[C@@H](O)[C@@H](NC(=O)CNC(=O)c4ccc(C=O)cc4)C([C@H](O)C(O)CO)O3)C(O)[C@@H]2O)c(=O)n1. The van der Waals surface area contributed by atoms with Gasteiger partial charge in [0.15, 0.2) is 6.23 Å². The number of nitrogens with one attached hydrogen (secondary N) is 2. The summed E-state index contributed by atoms with van der Waals surface area (Å²) in [4.78, 5) is 74.6. The van der Waals surface area contributed by atoms with Crippen LogP contribution in [0.3, 0.4) is 0 Å². The molecule has 1 aromatic carbocycles. The Bertz CT molecular complexity index is 1730. The Labute approximate surface area is 291 Å². The van der Waals surface area contributed by atoms with Crippen molar-refractivity contribution >= 4 is 37.7 Å². The monoisotopic (exact) mass is 761 g/mol. The van der Waals surface area contributed by atoms with E-state index in [-0.39, 0.29) is 16.9 Å². The van der Waals surface area contributed by atoms with E-state index < -0.39 is 118 Å². The van der Waals surface area contributed by atoms with Crippen LogP contribution in [0.4, 0.5) is 5.82 Å². The first-order valence-electron chi connectivity index (χ1n) is 15.2. The molecule has 11 atom stereocenters. The highest BCUT2D eigenvalue weighted by Gasteiger charge is 2.59. The van der Waals surface area contributed by atoms with E-state index in [1.54, 1.807) is 0 Å². The summed E-state index contributed by atoms with van der Waals surface area (Å²) < 4.78 is 34.2. The van der Waals surface area contributed by atoms with Crippen molar-refractivity contribution in [2.75, 3.05) is 25.5 Å². The molecule has 52 heavy (non-hydrogen) atoms. The highest BCUT2D eigenvalue weighted by Crippen LogP contribution is 2.51. The number of anilines is 1. The number of hydrogen-bond acceptors (Lipinski definition) is 18. The van der Waals surface area contributed by atoms with E-state index in [1.165, 1.54) is 30.3 Å². The van der Waals surface area contributed by atoms with Crippen LogP contribution >= 0.6 is 7.82 Å². The molecule has 0 spiro atoms. The Morgan fingerprint density at radius 3 is 2.42 bits per heavy atom. The van der Waals surface area contributed by atoms with E-state index in [9.17, 15) is 69.2 Å². The van der Waals surface area contributed by atoms with Crippen molar-refractivity contribution < 1.29 is 82.9 Å². The van der Waals surface area contributed by atoms with Gasteiger partial charge in [0.25, 0.3) is 11.7 Å². The van der Waals surface area contributed by atoms with Gasteiger partial charge in [-0.2, -0.15) is 4.98 Å². The highest BCUT2D eigenvalue weighted by atomic mass is 31.2. The van der Waals surface area contributed by atoms with Crippen LogP contribution in [0.15, 0.2) is 41.3 Å². The van der Waals surface area contributed by atoms with E-state index in [2.05, 4.69) is 15.6 Å². The summed E-state index contributed by atoms with van der Waals surface area (Å²) >= 11 is 0. The minimum atomic E-state index is -5.64. The number of hydrogen-bond donors (Lipinski definition) is 11. The van der Waals surface area contributed by atoms with Crippen LogP contribution in [0.5, 0.6) is 0 Å². The molecule has 2 aliphatic heterocycles. The fraction of sp³-hybridized carbons (Fsp3) is 0.500. The van der Waals surface area contributed by atoms with Crippen LogP contribution < -0.4 is 22.1 Å². The normalized spacial score (nSPS) is 29.7. The average Bonchev–Trinajstić information content (AvgIpc) is 3.38. The smallest absolute Gasteiger partial charge is 0.475 e. The van der Waals surface area contributed by atoms with E-state index in [4.69, 9.17) is 24.3 Å². The van der Waals surface area contributed by atoms with Crippen LogP contribution in [0.2, 0.25) is 0 Å². The predicted molar refractivity (Wildman–Crippen MR) is 167 cm³/mol. The standard InChI is InChI=1S/C28H36N5O18P/c29-17-5-6-33(27(45)31-17)25-22(41)21(40)16(49-25)11-48-52(46,47)51-28(26(43)44)7-14(36)19(23(50-28)20(39)15(37)10-35)32-18(38)8-30-24(42)13-3-1-12(9-34)2-4-13/h1-6,9,14-16,19-23,25,35-37,39-41H,7-8,10-11H2,(H,30,42)(H,32,38)(H,43,44)(H,46,47)(H2,29,31,45)/t14-,15?,16?,19-,20-,21?,22+,23?,25-,28-/m1/s1. The van der Waals surface area contributed by atoms with E-state index in [0.29, 0.717) is 6.29 Å². The van der Waals surface area contributed by atoms with Crippen molar-refractivity contribution in [1.29, 1.82) is 0 Å². The molecule has 12 N–H and O–H groups in total. The number of carbonyl (C=O) groups is 4. The molecule has 0 saturated carbocycles. The van der Waals surface area contributed by atoms with Crippen molar-refractivity contribution in [3.63, 3.8) is 0 Å². The topological polar surface area (TPSA) is 369 Å². The van der Waals surface area contributed by atoms with Crippen molar-refractivity contribution in [3.05, 3.63) is 58.1 Å². The van der Waals surface area contributed by atoms with Gasteiger partial charge in [0.2, 0.25) is 5.91 Å². The number of carboxylic acid groups (broad SMARTS) is 1. The lowest BCUT2D eigenvalue weighted by Gasteiger charge is -2.46. The number of ether oxygens (including phenoxy) is 2. The third-order valence-corrected chi connectivity index (χ3v) is 8.99. The highest BCUT2D eigenvalue weighted by molar-refractivity contribution is 7.47. The molecule has 2 fully saturated rings. The van der Waals surface area contributed by atoms with Crippen LogP contribution in [-0.2, 0) is 32.7 Å². The van der Waals surface area contributed by atoms with E-state index in [0.717, 1.165) is 10.8 Å². The maximum Gasteiger partial charge on any atom is 0.475 e. The fourth-order valence-electron chi connectivity index (χ4n) is 5.29. The first kappa shape index (κ1) is 40.5. The second kappa shape index (κ2) is 16.6. The Hall–Kier alpha value is -4.23. The zero-order valence-electron chi connectivity index (χ0n) is 26.6. The van der Waals surface area contributed by atoms with Gasteiger partial charge in [-0.25, -0.2) is 18.7 Å². The lowest BCUT2D eigenvalue weighted by Crippen LogP contribution is -2.68. The number of rotatable bonds is 15. The quantitative estimate of drug-likeness (QED) is 0.0597. The molecule has 0 aliphatic carbocycles. The lowest BCUT2D eigenvalue weighted by atomic mass is 9.88. The number of phosphoric ester groups is 1. The van der Waals surface area contributed by atoms with Gasteiger partial charge in [-0.15, -0.1) is 0 Å². The van der Waals surface area contributed by atoms with Gasteiger partial charge in [0, 0.05) is 23.7 Å². The number of aldehydes is 1. The number of phosphoric acid groups is 1. The van der Waals surface area contributed by atoms with Crippen molar-refractivity contribution in [1.82, 2.24) is 20.2 Å².